The van der Waals surface area contributed by atoms with E-state index in [0.717, 1.165) is 6.41 Å². The summed E-state index contributed by atoms with van der Waals surface area (Å²) >= 11 is 5.71. The molecule has 1 aromatic heterocycles. The first kappa shape index (κ1) is 17.1. The van der Waals surface area contributed by atoms with Crippen LogP contribution in [0.25, 0.3) is 0 Å². The second-order valence-electron chi connectivity index (χ2n) is 5.45. The van der Waals surface area contributed by atoms with E-state index in [-0.39, 0.29) is 10.7 Å². The van der Waals surface area contributed by atoms with Crippen molar-refractivity contribution in [3.05, 3.63) is 47.0 Å². The highest BCUT2D eigenvalue weighted by molar-refractivity contribution is 6.31. The van der Waals surface area contributed by atoms with E-state index in [1.54, 1.807) is 4.90 Å². The van der Waals surface area contributed by atoms with Crippen molar-refractivity contribution in [3.63, 3.8) is 0 Å². The molecule has 2 heterocycles. The van der Waals surface area contributed by atoms with E-state index >= 15 is 0 Å². The van der Waals surface area contributed by atoms with Gasteiger partial charge in [0.15, 0.2) is 0 Å². The number of hydrogen-bond acceptors (Lipinski definition) is 5. The molecule has 0 bridgehead atoms. The standard InChI is InChI=1S/C16H15ClFN5O2/c17-12-9-11(1-2-13(12)18)20-15(25)14-3-4-19-16(21-14)23-7-5-22(10-24)6-8-23/h1-4,9-10H,5-8H2,(H,20,25). The number of hydrogen-bond donors (Lipinski definition) is 1. The number of nitrogens with zero attached hydrogens (tertiary/aromatic N) is 4. The molecular weight excluding hydrogens is 349 g/mol. The third kappa shape index (κ3) is 4.03. The summed E-state index contributed by atoms with van der Waals surface area (Å²) in [7, 11) is 0. The van der Waals surface area contributed by atoms with E-state index in [1.807, 2.05) is 4.90 Å². The molecule has 0 saturated carbocycles. The quantitative estimate of drug-likeness (QED) is 0.838. The maximum Gasteiger partial charge on any atom is 0.274 e. The third-order valence-corrected chi connectivity index (χ3v) is 4.09. The highest BCUT2D eigenvalue weighted by Crippen LogP contribution is 2.20. The molecule has 1 saturated heterocycles. The smallest absolute Gasteiger partial charge is 0.274 e. The largest absolute Gasteiger partial charge is 0.342 e. The molecule has 2 amide bonds. The summed E-state index contributed by atoms with van der Waals surface area (Å²) in [5, 5.41) is 2.54. The summed E-state index contributed by atoms with van der Waals surface area (Å²) in [6, 6.07) is 5.41. The average molecular weight is 364 g/mol. The monoisotopic (exact) mass is 363 g/mol. The van der Waals surface area contributed by atoms with Gasteiger partial charge in [0.1, 0.15) is 11.5 Å². The fraction of sp³-hybridized carbons (Fsp3) is 0.250. The van der Waals surface area contributed by atoms with Crippen LogP contribution in [0.3, 0.4) is 0 Å². The van der Waals surface area contributed by atoms with Crippen LogP contribution in [-0.4, -0.2) is 53.4 Å². The Balaban J connectivity index is 1.71. The van der Waals surface area contributed by atoms with Crippen molar-refractivity contribution in [1.29, 1.82) is 0 Å². The first-order valence-electron chi connectivity index (χ1n) is 7.60. The van der Waals surface area contributed by atoms with Crippen LogP contribution in [0.5, 0.6) is 0 Å². The molecule has 0 aliphatic carbocycles. The van der Waals surface area contributed by atoms with Gasteiger partial charge in [0, 0.05) is 38.1 Å². The molecule has 1 aliphatic heterocycles. The molecule has 9 heteroatoms. The normalized spacial score (nSPS) is 14.3. The zero-order valence-electron chi connectivity index (χ0n) is 13.2. The second kappa shape index (κ2) is 7.43. The molecule has 1 aliphatic rings. The molecule has 7 nitrogen and oxygen atoms in total. The molecule has 1 fully saturated rings. The van der Waals surface area contributed by atoms with Gasteiger partial charge >= 0.3 is 0 Å². The maximum absolute atomic E-state index is 13.2. The lowest BCUT2D eigenvalue weighted by molar-refractivity contribution is -0.118. The van der Waals surface area contributed by atoms with Gasteiger partial charge < -0.3 is 15.1 Å². The summed E-state index contributed by atoms with van der Waals surface area (Å²) in [6.45, 7) is 2.35. The third-order valence-electron chi connectivity index (χ3n) is 3.80. The number of benzene rings is 1. The van der Waals surface area contributed by atoms with Gasteiger partial charge in [0.05, 0.1) is 5.02 Å². The summed E-state index contributed by atoms with van der Waals surface area (Å²) in [5.41, 5.74) is 0.555. The van der Waals surface area contributed by atoms with Gasteiger partial charge in [-0.15, -0.1) is 0 Å². The lowest BCUT2D eigenvalue weighted by Crippen LogP contribution is -2.46. The van der Waals surface area contributed by atoms with Gasteiger partial charge in [-0.25, -0.2) is 14.4 Å². The van der Waals surface area contributed by atoms with Gasteiger partial charge in [-0.05, 0) is 24.3 Å². The van der Waals surface area contributed by atoms with E-state index in [1.165, 1.54) is 30.5 Å². The molecule has 1 aromatic carbocycles. The minimum Gasteiger partial charge on any atom is -0.342 e. The second-order valence-corrected chi connectivity index (χ2v) is 5.86. The average Bonchev–Trinajstić information content (AvgIpc) is 2.65. The van der Waals surface area contributed by atoms with Crippen LogP contribution in [0, 0.1) is 5.82 Å². The Morgan fingerprint density at radius 2 is 2.00 bits per heavy atom. The molecule has 2 aromatic rings. The molecule has 0 radical (unpaired) electrons. The van der Waals surface area contributed by atoms with Crippen molar-refractivity contribution in [2.24, 2.45) is 0 Å². The Labute approximate surface area is 148 Å². The number of halogens is 2. The van der Waals surface area contributed by atoms with E-state index in [4.69, 9.17) is 11.6 Å². The van der Waals surface area contributed by atoms with Crippen LogP contribution in [0.4, 0.5) is 16.0 Å². The van der Waals surface area contributed by atoms with Gasteiger partial charge in [0.25, 0.3) is 5.91 Å². The number of nitrogens with one attached hydrogen (secondary N) is 1. The van der Waals surface area contributed by atoms with Crippen LogP contribution in [0.15, 0.2) is 30.5 Å². The Kier molecular flexibility index (Phi) is 5.08. The summed E-state index contributed by atoms with van der Waals surface area (Å²) < 4.78 is 13.2. The van der Waals surface area contributed by atoms with Crippen molar-refractivity contribution >= 4 is 35.6 Å². The number of anilines is 2. The molecule has 25 heavy (non-hydrogen) atoms. The molecule has 1 N–H and O–H groups in total. The summed E-state index contributed by atoms with van der Waals surface area (Å²) in [6.07, 6.45) is 2.32. The predicted molar refractivity (Wildman–Crippen MR) is 91.2 cm³/mol. The number of amides is 2. The number of carbonyl (C=O) groups is 2. The molecule has 0 unspecified atom stereocenters. The minimum absolute atomic E-state index is 0.0748. The van der Waals surface area contributed by atoms with Gasteiger partial charge in [-0.1, -0.05) is 11.6 Å². The SMILES string of the molecule is O=CN1CCN(c2nccc(C(=O)Nc3ccc(F)c(Cl)c3)n2)CC1. The minimum atomic E-state index is -0.557. The highest BCUT2D eigenvalue weighted by Gasteiger charge is 2.19. The molecular formula is C16H15ClFN5O2. The summed E-state index contributed by atoms with van der Waals surface area (Å²) in [4.78, 5) is 35.1. The first-order valence-corrected chi connectivity index (χ1v) is 7.98. The number of rotatable bonds is 4. The maximum atomic E-state index is 13.2. The van der Waals surface area contributed by atoms with Crippen molar-refractivity contribution < 1.29 is 14.0 Å². The van der Waals surface area contributed by atoms with E-state index in [9.17, 15) is 14.0 Å². The fourth-order valence-electron chi connectivity index (χ4n) is 2.42. The Bertz CT molecular complexity index is 796. The Morgan fingerprint density at radius 3 is 2.68 bits per heavy atom. The number of carbonyl (C=O) groups excluding carboxylic acids is 2. The lowest BCUT2D eigenvalue weighted by Gasteiger charge is -2.32. The van der Waals surface area contributed by atoms with E-state index in [2.05, 4.69) is 15.3 Å². The van der Waals surface area contributed by atoms with Crippen LogP contribution >= 0.6 is 11.6 Å². The van der Waals surface area contributed by atoms with Crippen LogP contribution in [-0.2, 0) is 4.79 Å². The molecule has 130 valence electrons. The lowest BCUT2D eigenvalue weighted by atomic mass is 10.3. The van der Waals surface area contributed by atoms with Gasteiger partial charge in [-0.2, -0.15) is 0 Å². The van der Waals surface area contributed by atoms with Crippen LogP contribution in [0.1, 0.15) is 10.5 Å². The molecule has 0 spiro atoms. The van der Waals surface area contributed by atoms with E-state index < -0.39 is 11.7 Å². The first-order chi connectivity index (χ1) is 12.1. The van der Waals surface area contributed by atoms with E-state index in [0.29, 0.717) is 37.8 Å². The van der Waals surface area contributed by atoms with Crippen molar-refractivity contribution in [2.75, 3.05) is 36.4 Å². The zero-order chi connectivity index (χ0) is 17.8. The molecule has 0 atom stereocenters. The topological polar surface area (TPSA) is 78.4 Å². The van der Waals surface area contributed by atoms with Crippen LogP contribution < -0.4 is 10.2 Å². The van der Waals surface area contributed by atoms with Crippen LogP contribution in [0.2, 0.25) is 5.02 Å². The fourth-order valence-corrected chi connectivity index (χ4v) is 2.60. The Morgan fingerprint density at radius 1 is 1.24 bits per heavy atom. The summed E-state index contributed by atoms with van der Waals surface area (Å²) in [5.74, 6) is -0.577. The van der Waals surface area contributed by atoms with Gasteiger partial charge in [0.2, 0.25) is 12.4 Å². The Hall–Kier alpha value is -2.74. The zero-order valence-corrected chi connectivity index (χ0v) is 13.9. The van der Waals surface area contributed by atoms with Crippen molar-refractivity contribution in [1.82, 2.24) is 14.9 Å². The van der Waals surface area contributed by atoms with Crippen molar-refractivity contribution in [3.8, 4) is 0 Å². The van der Waals surface area contributed by atoms with Crippen molar-refractivity contribution in [2.45, 2.75) is 0 Å². The van der Waals surface area contributed by atoms with Gasteiger partial charge in [-0.3, -0.25) is 9.59 Å². The highest BCUT2D eigenvalue weighted by atomic mass is 35.5. The number of piperazine rings is 1. The molecule has 3 rings (SSSR count). The predicted octanol–water partition coefficient (Wildman–Crippen LogP) is 1.80. The number of aromatic nitrogens is 2.